The highest BCUT2D eigenvalue weighted by atomic mass is 35.5. The maximum Gasteiger partial charge on any atom is 0.342 e. The maximum atomic E-state index is 12.0. The smallest absolute Gasteiger partial charge is 0.342 e. The van der Waals surface area contributed by atoms with Gasteiger partial charge in [-0.2, -0.15) is 0 Å². The van der Waals surface area contributed by atoms with Gasteiger partial charge in [-0.25, -0.2) is 9.59 Å². The molecule has 0 unspecified atom stereocenters. The minimum Gasteiger partial charge on any atom is -0.496 e. The van der Waals surface area contributed by atoms with Crippen molar-refractivity contribution in [1.29, 1.82) is 0 Å². The second-order valence-electron chi connectivity index (χ2n) is 7.65. The van der Waals surface area contributed by atoms with E-state index in [1.807, 2.05) is 24.5 Å². The molecular formula is C25H20ClN3O6S. The minimum absolute atomic E-state index is 0.0234. The van der Waals surface area contributed by atoms with Crippen LogP contribution in [-0.2, 0) is 4.79 Å². The van der Waals surface area contributed by atoms with E-state index in [1.165, 1.54) is 25.3 Å². The summed E-state index contributed by atoms with van der Waals surface area (Å²) in [4.78, 5) is 23.2. The van der Waals surface area contributed by atoms with Gasteiger partial charge < -0.3 is 23.9 Å². The second-order valence-corrected chi connectivity index (χ2v) is 9.08. The van der Waals surface area contributed by atoms with Crippen molar-refractivity contribution >= 4 is 41.4 Å². The Morgan fingerprint density at radius 3 is 2.44 bits per heavy atom. The summed E-state index contributed by atoms with van der Waals surface area (Å²) in [5.41, 5.74) is 3.74. The minimum atomic E-state index is -1.16. The molecule has 4 rings (SSSR count). The van der Waals surface area contributed by atoms with E-state index < -0.39 is 11.9 Å². The number of thioether (sulfide) groups is 1. The number of nitrogens with zero attached hydrogens (tertiary/aromatic N) is 3. The number of carboxylic acids is 2. The van der Waals surface area contributed by atoms with Gasteiger partial charge in [0.25, 0.3) is 11.1 Å². The van der Waals surface area contributed by atoms with Crippen molar-refractivity contribution in [2.24, 2.45) is 0 Å². The number of carboxylic acid groups (broad SMARTS) is 2. The van der Waals surface area contributed by atoms with Gasteiger partial charge in [-0.1, -0.05) is 11.6 Å². The van der Waals surface area contributed by atoms with Crippen LogP contribution in [0.25, 0.3) is 23.2 Å². The van der Waals surface area contributed by atoms with Crippen molar-refractivity contribution in [2.45, 2.75) is 19.1 Å². The molecule has 2 N–H and O–H groups in total. The molecule has 9 nitrogen and oxygen atoms in total. The van der Waals surface area contributed by atoms with Crippen LogP contribution in [0, 0.1) is 13.8 Å². The van der Waals surface area contributed by atoms with E-state index in [2.05, 4.69) is 10.2 Å². The van der Waals surface area contributed by atoms with E-state index in [0.717, 1.165) is 28.8 Å². The van der Waals surface area contributed by atoms with Crippen LogP contribution in [0.5, 0.6) is 5.75 Å². The molecule has 0 radical (unpaired) electrons. The SMILES string of the molecule is COc1ccc(Cl)cc1-c1nnc(S/C(=C\c2cc(C)n(-c3ccc(C(=O)O)cc3)c2C)C(=O)O)o1. The molecule has 2 aromatic carbocycles. The number of hydrogen-bond acceptors (Lipinski definition) is 7. The highest BCUT2D eigenvalue weighted by Crippen LogP contribution is 2.35. The fourth-order valence-electron chi connectivity index (χ4n) is 3.66. The van der Waals surface area contributed by atoms with E-state index in [4.69, 9.17) is 25.9 Å². The zero-order valence-corrected chi connectivity index (χ0v) is 20.9. The molecule has 0 atom stereocenters. The number of halogens is 1. The number of aliphatic carboxylic acids is 1. The van der Waals surface area contributed by atoms with Crippen molar-refractivity contribution in [3.63, 3.8) is 0 Å². The number of carbonyl (C=O) groups is 2. The molecule has 0 bridgehead atoms. The summed E-state index contributed by atoms with van der Waals surface area (Å²) in [6, 6.07) is 13.2. The first kappa shape index (κ1) is 25.1. The first-order valence-electron chi connectivity index (χ1n) is 10.5. The molecule has 0 spiro atoms. The van der Waals surface area contributed by atoms with E-state index in [-0.39, 0.29) is 21.6 Å². The van der Waals surface area contributed by atoms with Gasteiger partial charge in [-0.05, 0) is 85.8 Å². The lowest BCUT2D eigenvalue weighted by atomic mass is 10.2. The quantitative estimate of drug-likeness (QED) is 0.219. The van der Waals surface area contributed by atoms with Gasteiger partial charge in [0.1, 0.15) is 10.7 Å². The monoisotopic (exact) mass is 525 g/mol. The van der Waals surface area contributed by atoms with Crippen LogP contribution < -0.4 is 4.74 Å². The van der Waals surface area contributed by atoms with Gasteiger partial charge in [0, 0.05) is 22.1 Å². The van der Waals surface area contributed by atoms with Crippen LogP contribution >= 0.6 is 23.4 Å². The van der Waals surface area contributed by atoms with Crippen LogP contribution in [0.2, 0.25) is 5.02 Å². The third kappa shape index (κ3) is 5.14. The molecule has 0 saturated heterocycles. The second kappa shape index (κ2) is 10.3. The Morgan fingerprint density at radius 1 is 1.08 bits per heavy atom. The number of hydrogen-bond donors (Lipinski definition) is 2. The van der Waals surface area contributed by atoms with Crippen molar-refractivity contribution < 1.29 is 29.0 Å². The van der Waals surface area contributed by atoms with E-state index >= 15 is 0 Å². The Kier molecular flexibility index (Phi) is 7.18. The normalized spacial score (nSPS) is 11.5. The van der Waals surface area contributed by atoms with Crippen LogP contribution in [0.15, 0.2) is 63.1 Å². The fourth-order valence-corrected chi connectivity index (χ4v) is 4.50. The molecular weight excluding hydrogens is 506 g/mol. The number of aromatic carboxylic acids is 1. The molecule has 0 aliphatic heterocycles. The molecule has 184 valence electrons. The summed E-state index contributed by atoms with van der Waals surface area (Å²) in [5.74, 6) is -1.54. The number of methoxy groups -OCH3 is 1. The number of aromatic nitrogens is 3. The molecule has 11 heteroatoms. The molecule has 0 aliphatic carbocycles. The third-order valence-corrected chi connectivity index (χ3v) is 6.42. The summed E-state index contributed by atoms with van der Waals surface area (Å²) in [6.45, 7) is 3.73. The van der Waals surface area contributed by atoms with Crippen molar-refractivity contribution in [2.75, 3.05) is 7.11 Å². The maximum absolute atomic E-state index is 12.0. The highest BCUT2D eigenvalue weighted by molar-refractivity contribution is 8.03. The number of aryl methyl sites for hydroxylation is 1. The molecule has 2 aromatic heterocycles. The predicted molar refractivity (Wildman–Crippen MR) is 135 cm³/mol. The number of rotatable bonds is 8. The standard InChI is InChI=1S/C25H20ClN3O6S/c1-13-10-16(14(2)29(13)18-7-4-15(5-8-18)23(30)31)11-21(24(32)33)36-25-28-27-22(35-25)19-12-17(26)6-9-20(19)34-3/h4-12H,1-3H3,(H,30,31)(H,32,33)/b21-11-. The van der Waals surface area contributed by atoms with E-state index in [9.17, 15) is 14.7 Å². The number of ether oxygens (including phenoxy) is 1. The zero-order chi connectivity index (χ0) is 26.0. The highest BCUT2D eigenvalue weighted by Gasteiger charge is 2.20. The van der Waals surface area contributed by atoms with Gasteiger partial charge in [-0.3, -0.25) is 0 Å². The average molecular weight is 526 g/mol. The summed E-state index contributed by atoms with van der Waals surface area (Å²) in [6.07, 6.45) is 1.53. The summed E-state index contributed by atoms with van der Waals surface area (Å²) < 4.78 is 12.9. The Bertz CT molecular complexity index is 1490. The Balaban J connectivity index is 1.65. The van der Waals surface area contributed by atoms with Gasteiger partial charge in [0.05, 0.1) is 18.2 Å². The Morgan fingerprint density at radius 2 is 1.81 bits per heavy atom. The van der Waals surface area contributed by atoms with Crippen molar-refractivity contribution in [1.82, 2.24) is 14.8 Å². The Hall–Kier alpha value is -4.02. The largest absolute Gasteiger partial charge is 0.496 e. The van der Waals surface area contributed by atoms with Gasteiger partial charge >= 0.3 is 11.9 Å². The van der Waals surface area contributed by atoms with E-state index in [1.54, 1.807) is 30.3 Å². The molecule has 0 fully saturated rings. The number of benzene rings is 2. The summed E-state index contributed by atoms with van der Waals surface area (Å²) in [5, 5.41) is 27.4. The Labute approximate surface area is 215 Å². The lowest BCUT2D eigenvalue weighted by Gasteiger charge is -2.10. The lowest BCUT2D eigenvalue weighted by molar-refractivity contribution is -0.131. The first-order chi connectivity index (χ1) is 17.2. The van der Waals surface area contributed by atoms with Crippen LogP contribution in [0.4, 0.5) is 0 Å². The van der Waals surface area contributed by atoms with Crippen molar-refractivity contribution in [3.8, 4) is 22.9 Å². The third-order valence-electron chi connectivity index (χ3n) is 5.34. The molecule has 0 saturated carbocycles. The molecule has 36 heavy (non-hydrogen) atoms. The molecule has 2 heterocycles. The van der Waals surface area contributed by atoms with Gasteiger partial charge in [0.2, 0.25) is 0 Å². The first-order valence-corrected chi connectivity index (χ1v) is 11.7. The molecule has 0 amide bonds. The van der Waals surface area contributed by atoms with Crippen molar-refractivity contribution in [3.05, 3.63) is 81.0 Å². The average Bonchev–Trinajstić information content (AvgIpc) is 3.42. The fraction of sp³-hybridized carbons (Fsp3) is 0.120. The zero-order valence-electron chi connectivity index (χ0n) is 19.4. The predicted octanol–water partition coefficient (Wildman–Crippen LogP) is 5.72. The lowest BCUT2D eigenvalue weighted by Crippen LogP contribution is -2.01. The molecule has 4 aromatic rings. The van der Waals surface area contributed by atoms with Crippen LogP contribution in [0.1, 0.15) is 27.3 Å². The van der Waals surface area contributed by atoms with Crippen LogP contribution in [-0.4, -0.2) is 44.0 Å². The topological polar surface area (TPSA) is 128 Å². The summed E-state index contributed by atoms with van der Waals surface area (Å²) in [7, 11) is 1.50. The van der Waals surface area contributed by atoms with Crippen LogP contribution in [0.3, 0.4) is 0 Å². The van der Waals surface area contributed by atoms with Gasteiger partial charge in [0.15, 0.2) is 0 Å². The van der Waals surface area contributed by atoms with Gasteiger partial charge in [-0.15, -0.1) is 10.2 Å². The summed E-state index contributed by atoms with van der Waals surface area (Å²) >= 11 is 6.90. The van der Waals surface area contributed by atoms with E-state index in [0.29, 0.717) is 21.9 Å². The molecule has 0 aliphatic rings.